The first-order valence-corrected chi connectivity index (χ1v) is 11.9. The average molecular weight is 438 g/mol. The van der Waals surface area contributed by atoms with E-state index in [9.17, 15) is 13.2 Å². The molecule has 0 aliphatic carbocycles. The summed E-state index contributed by atoms with van der Waals surface area (Å²) in [5, 5.41) is 3.06. The lowest BCUT2D eigenvalue weighted by molar-refractivity contribution is -0.121. The van der Waals surface area contributed by atoms with E-state index in [1.165, 1.54) is 4.31 Å². The average Bonchev–Trinajstić information content (AvgIpc) is 3.30. The fourth-order valence-electron chi connectivity index (χ4n) is 3.86. The summed E-state index contributed by atoms with van der Waals surface area (Å²) in [6, 6.07) is 18.8. The Morgan fingerprint density at radius 3 is 2.19 bits per heavy atom. The highest BCUT2D eigenvalue weighted by Gasteiger charge is 2.29. The van der Waals surface area contributed by atoms with Crippen LogP contribution in [0.2, 0.25) is 0 Å². The van der Waals surface area contributed by atoms with Crippen molar-refractivity contribution in [2.75, 3.05) is 13.1 Å². The van der Waals surface area contributed by atoms with Crippen molar-refractivity contribution in [2.24, 2.45) is 0 Å². The first kappa shape index (κ1) is 21.3. The van der Waals surface area contributed by atoms with Crippen LogP contribution in [0.15, 0.2) is 78.0 Å². The first-order chi connectivity index (χ1) is 14.9. The third-order valence-corrected chi connectivity index (χ3v) is 7.59. The number of aromatic nitrogens is 1. The maximum absolute atomic E-state index is 12.8. The van der Waals surface area contributed by atoms with E-state index >= 15 is 0 Å². The summed E-state index contributed by atoms with van der Waals surface area (Å²) in [6.45, 7) is 2.75. The van der Waals surface area contributed by atoms with Crippen LogP contribution in [0, 0.1) is 6.92 Å². The highest BCUT2D eigenvalue weighted by molar-refractivity contribution is 7.89. The molecule has 162 valence electrons. The van der Waals surface area contributed by atoms with Crippen LogP contribution in [0.1, 0.15) is 24.0 Å². The van der Waals surface area contributed by atoms with Crippen LogP contribution < -0.4 is 5.32 Å². The Morgan fingerprint density at radius 1 is 0.968 bits per heavy atom. The summed E-state index contributed by atoms with van der Waals surface area (Å²) in [6.07, 6.45) is 5.50. The lowest BCUT2D eigenvalue weighted by Crippen LogP contribution is -2.46. The third kappa shape index (κ3) is 5.06. The molecule has 1 amide bonds. The molecule has 4 rings (SSSR count). The number of benzene rings is 2. The Morgan fingerprint density at radius 2 is 1.58 bits per heavy atom. The molecule has 1 saturated heterocycles. The van der Waals surface area contributed by atoms with Gasteiger partial charge in [-0.25, -0.2) is 8.42 Å². The van der Waals surface area contributed by atoms with E-state index in [0.29, 0.717) is 37.2 Å². The van der Waals surface area contributed by atoms with Crippen molar-refractivity contribution in [3.8, 4) is 5.69 Å². The van der Waals surface area contributed by atoms with Crippen molar-refractivity contribution in [3.63, 3.8) is 0 Å². The second-order valence-corrected chi connectivity index (χ2v) is 9.93. The Hall–Kier alpha value is -2.90. The number of carbonyl (C=O) groups is 1. The van der Waals surface area contributed by atoms with Crippen molar-refractivity contribution in [1.82, 2.24) is 14.2 Å². The summed E-state index contributed by atoms with van der Waals surface area (Å²) in [5.74, 6) is -0.0337. The van der Waals surface area contributed by atoms with Crippen LogP contribution in [0.4, 0.5) is 0 Å². The lowest BCUT2D eigenvalue weighted by atomic mass is 10.1. The Labute approximate surface area is 183 Å². The quantitative estimate of drug-likeness (QED) is 0.643. The van der Waals surface area contributed by atoms with E-state index in [-0.39, 0.29) is 11.9 Å². The van der Waals surface area contributed by atoms with Crippen molar-refractivity contribution in [3.05, 3.63) is 84.2 Å². The van der Waals surface area contributed by atoms with Gasteiger partial charge in [-0.2, -0.15) is 4.31 Å². The van der Waals surface area contributed by atoms with Crippen molar-refractivity contribution < 1.29 is 13.2 Å². The fraction of sp³-hybridized carbons (Fsp3) is 0.292. The monoisotopic (exact) mass is 437 g/mol. The third-order valence-electron chi connectivity index (χ3n) is 5.68. The van der Waals surface area contributed by atoms with E-state index in [0.717, 1.165) is 16.8 Å². The van der Waals surface area contributed by atoms with Crippen LogP contribution in [0.5, 0.6) is 0 Å². The maximum Gasteiger partial charge on any atom is 0.243 e. The number of hydrogen-bond donors (Lipinski definition) is 1. The predicted octanol–water partition coefficient (Wildman–Crippen LogP) is 3.30. The highest BCUT2D eigenvalue weighted by atomic mass is 32.2. The van der Waals surface area contributed by atoms with Crippen LogP contribution >= 0.6 is 0 Å². The van der Waals surface area contributed by atoms with E-state index in [1.807, 2.05) is 72.4 Å². The zero-order chi connectivity index (χ0) is 21.8. The molecule has 2 aromatic carbocycles. The van der Waals surface area contributed by atoms with E-state index in [4.69, 9.17) is 0 Å². The highest BCUT2D eigenvalue weighted by Crippen LogP contribution is 2.21. The molecule has 6 nitrogen and oxygen atoms in total. The minimum Gasteiger partial charge on any atom is -0.353 e. The van der Waals surface area contributed by atoms with Crippen molar-refractivity contribution >= 4 is 15.9 Å². The number of rotatable bonds is 6. The zero-order valence-electron chi connectivity index (χ0n) is 17.6. The molecule has 1 fully saturated rings. The summed E-state index contributed by atoms with van der Waals surface area (Å²) < 4.78 is 29.2. The largest absolute Gasteiger partial charge is 0.353 e. The van der Waals surface area contributed by atoms with Gasteiger partial charge in [-0.05, 0) is 61.7 Å². The predicted molar refractivity (Wildman–Crippen MR) is 121 cm³/mol. The number of aryl methyl sites for hydroxylation is 1. The minimum atomic E-state index is -3.48. The molecule has 0 spiro atoms. The number of nitrogens with one attached hydrogen (secondary N) is 1. The van der Waals surface area contributed by atoms with Gasteiger partial charge in [0.1, 0.15) is 0 Å². The van der Waals surface area contributed by atoms with Gasteiger partial charge in [-0.15, -0.1) is 0 Å². The van der Waals surface area contributed by atoms with Gasteiger partial charge in [0.25, 0.3) is 0 Å². The van der Waals surface area contributed by atoms with Gasteiger partial charge in [0.05, 0.1) is 11.3 Å². The number of piperidine rings is 1. The first-order valence-electron chi connectivity index (χ1n) is 10.5. The molecule has 1 aliphatic heterocycles. The van der Waals surface area contributed by atoms with Gasteiger partial charge < -0.3 is 9.88 Å². The van der Waals surface area contributed by atoms with Gasteiger partial charge in [0, 0.05) is 37.2 Å². The Balaban J connectivity index is 1.28. The number of hydrogen-bond acceptors (Lipinski definition) is 3. The normalized spacial score (nSPS) is 15.6. The summed E-state index contributed by atoms with van der Waals surface area (Å²) >= 11 is 0. The van der Waals surface area contributed by atoms with Gasteiger partial charge >= 0.3 is 0 Å². The molecular weight excluding hydrogens is 410 g/mol. The topological polar surface area (TPSA) is 71.4 Å². The molecule has 1 aliphatic rings. The van der Waals surface area contributed by atoms with Crippen LogP contribution in [-0.2, 0) is 21.2 Å². The van der Waals surface area contributed by atoms with E-state index in [1.54, 1.807) is 12.1 Å². The van der Waals surface area contributed by atoms with Crippen LogP contribution in [-0.4, -0.2) is 42.3 Å². The molecule has 2 heterocycles. The summed E-state index contributed by atoms with van der Waals surface area (Å²) in [7, 11) is -3.48. The standard InChI is InChI=1S/C24H27N3O3S/c1-19-4-10-23(11-5-19)31(29,30)27-16-12-21(13-17-27)25-24(28)18-20-6-8-22(9-7-20)26-14-2-3-15-26/h2-11,14-15,21H,12-13,16-18H2,1H3,(H,25,28). The molecule has 1 aromatic heterocycles. The van der Waals surface area contributed by atoms with Gasteiger partial charge in [-0.3, -0.25) is 4.79 Å². The summed E-state index contributed by atoms with van der Waals surface area (Å²) in [4.78, 5) is 12.8. The molecule has 31 heavy (non-hydrogen) atoms. The molecule has 3 aromatic rings. The number of amides is 1. The lowest BCUT2D eigenvalue weighted by Gasteiger charge is -2.31. The number of sulfonamides is 1. The van der Waals surface area contributed by atoms with Crippen molar-refractivity contribution in [2.45, 2.75) is 37.1 Å². The molecule has 0 atom stereocenters. The smallest absolute Gasteiger partial charge is 0.243 e. The SMILES string of the molecule is Cc1ccc(S(=O)(=O)N2CCC(NC(=O)Cc3ccc(-n4cccc4)cc3)CC2)cc1. The minimum absolute atomic E-state index is 0.00360. The summed E-state index contributed by atoms with van der Waals surface area (Å²) in [5.41, 5.74) is 3.03. The second kappa shape index (κ2) is 9.08. The fourth-order valence-corrected chi connectivity index (χ4v) is 5.33. The van der Waals surface area contributed by atoms with Gasteiger partial charge in [0.15, 0.2) is 0 Å². The molecule has 7 heteroatoms. The van der Waals surface area contributed by atoms with E-state index in [2.05, 4.69) is 5.32 Å². The molecular formula is C24H27N3O3S. The Bertz CT molecular complexity index is 1110. The van der Waals surface area contributed by atoms with Crippen LogP contribution in [0.25, 0.3) is 5.69 Å². The number of carbonyl (C=O) groups excluding carboxylic acids is 1. The van der Waals surface area contributed by atoms with Gasteiger partial charge in [0.2, 0.25) is 15.9 Å². The van der Waals surface area contributed by atoms with Crippen molar-refractivity contribution in [1.29, 1.82) is 0 Å². The molecule has 0 bridgehead atoms. The second-order valence-electron chi connectivity index (χ2n) is 7.99. The van der Waals surface area contributed by atoms with Gasteiger partial charge in [-0.1, -0.05) is 29.8 Å². The Kier molecular flexibility index (Phi) is 6.25. The molecule has 1 N–H and O–H groups in total. The molecule has 0 unspecified atom stereocenters. The molecule has 0 radical (unpaired) electrons. The zero-order valence-corrected chi connectivity index (χ0v) is 18.4. The number of nitrogens with zero attached hydrogens (tertiary/aromatic N) is 2. The maximum atomic E-state index is 12.8. The molecule has 0 saturated carbocycles. The van der Waals surface area contributed by atoms with Crippen LogP contribution in [0.3, 0.4) is 0 Å². The van der Waals surface area contributed by atoms with E-state index < -0.39 is 10.0 Å².